The van der Waals surface area contributed by atoms with E-state index in [2.05, 4.69) is 20.4 Å². The van der Waals surface area contributed by atoms with Crippen molar-refractivity contribution >= 4 is 23.3 Å². The van der Waals surface area contributed by atoms with Crippen LogP contribution in [-0.2, 0) is 11.3 Å². The third-order valence-corrected chi connectivity index (χ3v) is 3.82. The number of nitrogens with one attached hydrogen (secondary N) is 1. The molecule has 6 nitrogen and oxygen atoms in total. The molecule has 0 bridgehead atoms. The van der Waals surface area contributed by atoms with E-state index in [1.165, 1.54) is 23.7 Å². The number of hydrogen-bond donors (Lipinski definition) is 1. The van der Waals surface area contributed by atoms with Crippen molar-refractivity contribution in [1.29, 1.82) is 0 Å². The van der Waals surface area contributed by atoms with E-state index in [0.717, 1.165) is 11.3 Å². The van der Waals surface area contributed by atoms with Gasteiger partial charge in [0.05, 0.1) is 23.8 Å². The lowest BCUT2D eigenvalue weighted by molar-refractivity contribution is -0.117. The molecule has 0 fully saturated rings. The van der Waals surface area contributed by atoms with Gasteiger partial charge in [0, 0.05) is 11.5 Å². The second-order valence-electron chi connectivity index (χ2n) is 4.84. The molecular weight excluding hydrogens is 310 g/mol. The SMILES string of the molecule is O=C(C=Cc1cscn1)NC(Cn1cncn1)c1ccccc1. The van der Waals surface area contributed by atoms with Crippen LogP contribution < -0.4 is 5.32 Å². The zero-order valence-electron chi connectivity index (χ0n) is 12.2. The Morgan fingerprint density at radius 3 is 2.91 bits per heavy atom. The van der Waals surface area contributed by atoms with E-state index < -0.39 is 0 Å². The maximum absolute atomic E-state index is 12.2. The molecule has 0 aliphatic rings. The van der Waals surface area contributed by atoms with Gasteiger partial charge < -0.3 is 5.32 Å². The van der Waals surface area contributed by atoms with Gasteiger partial charge in [-0.15, -0.1) is 11.3 Å². The number of thiazole rings is 1. The van der Waals surface area contributed by atoms with Gasteiger partial charge in [-0.25, -0.2) is 9.97 Å². The van der Waals surface area contributed by atoms with Gasteiger partial charge >= 0.3 is 0 Å². The minimum atomic E-state index is -0.189. The zero-order chi connectivity index (χ0) is 15.9. The van der Waals surface area contributed by atoms with Crippen LogP contribution >= 0.6 is 11.3 Å². The summed E-state index contributed by atoms with van der Waals surface area (Å²) in [5, 5.41) is 8.98. The predicted octanol–water partition coefficient (Wildman–Crippen LogP) is 2.31. The molecule has 23 heavy (non-hydrogen) atoms. The van der Waals surface area contributed by atoms with E-state index in [1.54, 1.807) is 22.6 Å². The van der Waals surface area contributed by atoms with Crippen LogP contribution in [0, 0.1) is 0 Å². The highest BCUT2D eigenvalue weighted by Gasteiger charge is 2.14. The Kier molecular flexibility index (Phi) is 4.90. The lowest BCUT2D eigenvalue weighted by Crippen LogP contribution is -2.30. The summed E-state index contributed by atoms with van der Waals surface area (Å²) in [6.45, 7) is 0.514. The fourth-order valence-corrected chi connectivity index (χ4v) is 2.64. The number of rotatable bonds is 6. The van der Waals surface area contributed by atoms with Crippen molar-refractivity contribution in [1.82, 2.24) is 25.1 Å². The minimum Gasteiger partial charge on any atom is -0.344 e. The largest absolute Gasteiger partial charge is 0.344 e. The van der Waals surface area contributed by atoms with Gasteiger partial charge in [-0.05, 0) is 11.6 Å². The summed E-state index contributed by atoms with van der Waals surface area (Å²) in [4.78, 5) is 20.2. The second-order valence-corrected chi connectivity index (χ2v) is 5.55. The van der Waals surface area contributed by atoms with Gasteiger partial charge in [0.1, 0.15) is 12.7 Å². The van der Waals surface area contributed by atoms with Crippen LogP contribution in [0.15, 0.2) is 60.0 Å². The number of benzene rings is 1. The van der Waals surface area contributed by atoms with Crippen molar-refractivity contribution in [3.05, 3.63) is 71.2 Å². The highest BCUT2D eigenvalue weighted by Crippen LogP contribution is 2.14. The normalized spacial score (nSPS) is 12.3. The van der Waals surface area contributed by atoms with E-state index in [-0.39, 0.29) is 11.9 Å². The molecule has 1 N–H and O–H groups in total. The smallest absolute Gasteiger partial charge is 0.244 e. The maximum Gasteiger partial charge on any atom is 0.244 e. The molecule has 0 saturated heterocycles. The molecule has 116 valence electrons. The van der Waals surface area contributed by atoms with E-state index in [4.69, 9.17) is 0 Å². The van der Waals surface area contributed by atoms with Gasteiger partial charge in [0.15, 0.2) is 0 Å². The Morgan fingerprint density at radius 2 is 2.22 bits per heavy atom. The van der Waals surface area contributed by atoms with Crippen LogP contribution in [0.25, 0.3) is 6.08 Å². The summed E-state index contributed by atoms with van der Waals surface area (Å²) in [5.74, 6) is -0.174. The average molecular weight is 325 g/mol. The average Bonchev–Trinajstić information content (AvgIpc) is 3.27. The molecule has 7 heteroatoms. The zero-order valence-corrected chi connectivity index (χ0v) is 13.1. The van der Waals surface area contributed by atoms with Crippen molar-refractivity contribution in [2.75, 3.05) is 0 Å². The molecule has 1 amide bonds. The fourth-order valence-electron chi connectivity index (χ4n) is 2.12. The van der Waals surface area contributed by atoms with Gasteiger partial charge in [-0.1, -0.05) is 30.3 Å². The minimum absolute atomic E-state index is 0.174. The molecule has 3 rings (SSSR count). The standard InChI is InChI=1S/C16H15N5OS/c22-16(7-6-14-9-23-12-18-14)20-15(8-21-11-17-10-19-21)13-4-2-1-3-5-13/h1-7,9-12,15H,8H2,(H,20,22). The van der Waals surface area contributed by atoms with Crippen molar-refractivity contribution in [2.45, 2.75) is 12.6 Å². The van der Waals surface area contributed by atoms with Gasteiger partial charge in [-0.2, -0.15) is 5.10 Å². The van der Waals surface area contributed by atoms with E-state index in [0.29, 0.717) is 6.54 Å². The van der Waals surface area contributed by atoms with Crippen LogP contribution in [0.3, 0.4) is 0 Å². The first-order valence-corrected chi connectivity index (χ1v) is 7.99. The maximum atomic E-state index is 12.2. The molecular formula is C16H15N5OS. The highest BCUT2D eigenvalue weighted by molar-refractivity contribution is 7.07. The van der Waals surface area contributed by atoms with Crippen LogP contribution in [0.1, 0.15) is 17.3 Å². The monoisotopic (exact) mass is 325 g/mol. The number of nitrogens with zero attached hydrogens (tertiary/aromatic N) is 4. The number of carbonyl (C=O) groups excluding carboxylic acids is 1. The van der Waals surface area contributed by atoms with Crippen LogP contribution in [0.2, 0.25) is 0 Å². The summed E-state index contributed by atoms with van der Waals surface area (Å²) in [6.07, 6.45) is 6.30. The first kappa shape index (κ1) is 15.1. The number of hydrogen-bond acceptors (Lipinski definition) is 5. The second kappa shape index (κ2) is 7.46. The van der Waals surface area contributed by atoms with E-state index in [1.807, 2.05) is 35.7 Å². The summed E-state index contributed by atoms with van der Waals surface area (Å²) in [5.41, 5.74) is 3.52. The molecule has 0 saturated carbocycles. The highest BCUT2D eigenvalue weighted by atomic mass is 32.1. The Hall–Kier alpha value is -2.80. The van der Waals surface area contributed by atoms with E-state index >= 15 is 0 Å². The van der Waals surface area contributed by atoms with E-state index in [9.17, 15) is 4.79 Å². The lowest BCUT2D eigenvalue weighted by atomic mass is 10.1. The summed E-state index contributed by atoms with van der Waals surface area (Å²) in [6, 6.07) is 9.60. The van der Waals surface area contributed by atoms with Crippen molar-refractivity contribution in [3.8, 4) is 0 Å². The predicted molar refractivity (Wildman–Crippen MR) is 88.5 cm³/mol. The first-order valence-electron chi connectivity index (χ1n) is 7.05. The topological polar surface area (TPSA) is 72.7 Å². The molecule has 0 spiro atoms. The van der Waals surface area contributed by atoms with Gasteiger partial charge in [-0.3, -0.25) is 9.48 Å². The Labute approximate surface area is 137 Å². The molecule has 3 aromatic rings. The van der Waals surface area contributed by atoms with Gasteiger partial charge in [0.2, 0.25) is 5.91 Å². The summed E-state index contributed by atoms with van der Waals surface area (Å²) < 4.78 is 1.70. The Bertz CT molecular complexity index is 753. The molecule has 2 aromatic heterocycles. The third kappa shape index (κ3) is 4.33. The number of amides is 1. The summed E-state index contributed by atoms with van der Waals surface area (Å²) in [7, 11) is 0. The van der Waals surface area contributed by atoms with Crippen LogP contribution in [0.4, 0.5) is 0 Å². The van der Waals surface area contributed by atoms with Gasteiger partial charge in [0.25, 0.3) is 0 Å². The molecule has 0 radical (unpaired) electrons. The molecule has 0 aliphatic carbocycles. The molecule has 1 aromatic carbocycles. The molecule has 1 unspecified atom stereocenters. The van der Waals surface area contributed by atoms with Crippen molar-refractivity contribution in [2.24, 2.45) is 0 Å². The molecule has 1 atom stereocenters. The molecule has 2 heterocycles. The van der Waals surface area contributed by atoms with Crippen LogP contribution in [0.5, 0.6) is 0 Å². The Balaban J connectivity index is 1.71. The lowest BCUT2D eigenvalue weighted by Gasteiger charge is -2.18. The Morgan fingerprint density at radius 1 is 1.35 bits per heavy atom. The third-order valence-electron chi connectivity index (χ3n) is 3.21. The quantitative estimate of drug-likeness (QED) is 0.706. The number of aromatic nitrogens is 4. The fraction of sp³-hybridized carbons (Fsp3) is 0.125. The van der Waals surface area contributed by atoms with Crippen LogP contribution in [-0.4, -0.2) is 25.7 Å². The van der Waals surface area contributed by atoms with Crippen molar-refractivity contribution in [3.63, 3.8) is 0 Å². The number of carbonyl (C=O) groups is 1. The van der Waals surface area contributed by atoms with Crippen molar-refractivity contribution < 1.29 is 4.79 Å². The summed E-state index contributed by atoms with van der Waals surface area (Å²) >= 11 is 1.49. The first-order chi connectivity index (χ1) is 11.3. The molecule has 0 aliphatic heterocycles.